The summed E-state index contributed by atoms with van der Waals surface area (Å²) in [4.78, 5) is 0.347. The molecular formula is C10H13BrO3S2. The highest BCUT2D eigenvalue weighted by atomic mass is 79.9. The second-order valence-corrected chi connectivity index (χ2v) is 7.36. The summed E-state index contributed by atoms with van der Waals surface area (Å²) in [5.41, 5.74) is 0. The molecule has 90 valence electrons. The minimum absolute atomic E-state index is 0.0863. The van der Waals surface area contributed by atoms with Crippen LogP contribution in [0.5, 0.6) is 0 Å². The lowest BCUT2D eigenvalue weighted by atomic mass is 10.4. The van der Waals surface area contributed by atoms with Crippen molar-refractivity contribution in [1.82, 2.24) is 0 Å². The fourth-order valence-electron chi connectivity index (χ4n) is 1.10. The molecule has 0 heterocycles. The number of hydrogen-bond donors (Lipinski definition) is 1. The summed E-state index contributed by atoms with van der Waals surface area (Å²) in [5, 5.41) is 8.57. The topological polar surface area (TPSA) is 54.4 Å². The van der Waals surface area contributed by atoms with Gasteiger partial charge in [-0.15, -0.1) is 0 Å². The summed E-state index contributed by atoms with van der Waals surface area (Å²) in [7, 11) is -3.18. The van der Waals surface area contributed by atoms with Gasteiger partial charge in [-0.3, -0.25) is 0 Å². The molecule has 0 radical (unpaired) electrons. The van der Waals surface area contributed by atoms with E-state index in [0.29, 0.717) is 16.4 Å². The van der Waals surface area contributed by atoms with Crippen molar-refractivity contribution < 1.29 is 13.5 Å². The Hall–Kier alpha value is -0.0400. The number of benzene rings is 1. The first-order valence-corrected chi connectivity index (χ1v) is 8.33. The molecule has 0 fully saturated rings. The molecule has 1 aromatic rings. The molecule has 0 aliphatic rings. The quantitative estimate of drug-likeness (QED) is 0.812. The third-order valence-corrected chi connectivity index (χ3v) is 5.39. The lowest BCUT2D eigenvalue weighted by Crippen LogP contribution is -2.09. The van der Waals surface area contributed by atoms with Crippen LogP contribution in [0.15, 0.2) is 33.6 Å². The fourth-order valence-corrected chi connectivity index (χ4v) is 3.83. The minimum Gasteiger partial charge on any atom is -0.396 e. The van der Waals surface area contributed by atoms with E-state index in [1.54, 1.807) is 24.3 Å². The predicted molar refractivity (Wildman–Crippen MR) is 70.6 cm³/mol. The van der Waals surface area contributed by atoms with Crippen LogP contribution in [0.4, 0.5) is 0 Å². The highest BCUT2D eigenvalue weighted by molar-refractivity contribution is 9.10. The number of aliphatic hydroxyl groups is 1. The van der Waals surface area contributed by atoms with Crippen molar-refractivity contribution in [3.05, 3.63) is 28.7 Å². The Morgan fingerprint density at radius 2 is 1.81 bits per heavy atom. The van der Waals surface area contributed by atoms with E-state index in [1.807, 2.05) is 0 Å². The molecule has 0 amide bonds. The largest absolute Gasteiger partial charge is 0.396 e. The zero-order chi connectivity index (χ0) is 12.0. The molecule has 16 heavy (non-hydrogen) atoms. The molecule has 0 aliphatic carbocycles. The third kappa shape index (κ3) is 4.45. The number of rotatable bonds is 6. The summed E-state index contributed by atoms with van der Waals surface area (Å²) in [6.07, 6.45) is 0. The van der Waals surface area contributed by atoms with Gasteiger partial charge in [-0.25, -0.2) is 8.42 Å². The van der Waals surface area contributed by atoms with E-state index in [1.165, 1.54) is 11.8 Å². The van der Waals surface area contributed by atoms with Crippen molar-refractivity contribution in [2.45, 2.75) is 4.90 Å². The highest BCUT2D eigenvalue weighted by Gasteiger charge is 2.13. The second kappa shape index (κ2) is 6.64. The maximum Gasteiger partial charge on any atom is 0.179 e. The molecule has 3 nitrogen and oxygen atoms in total. The number of aliphatic hydroxyl groups excluding tert-OH is 1. The van der Waals surface area contributed by atoms with Crippen molar-refractivity contribution in [2.24, 2.45) is 0 Å². The van der Waals surface area contributed by atoms with E-state index in [-0.39, 0.29) is 12.4 Å². The molecule has 0 aliphatic heterocycles. The predicted octanol–water partition coefficient (Wildman–Crippen LogP) is 1.95. The zero-order valence-electron chi connectivity index (χ0n) is 8.60. The van der Waals surface area contributed by atoms with Gasteiger partial charge in [0.2, 0.25) is 0 Å². The Morgan fingerprint density at radius 3 is 2.38 bits per heavy atom. The Bertz CT molecular complexity index is 414. The summed E-state index contributed by atoms with van der Waals surface area (Å²) < 4.78 is 24.5. The number of thioether (sulfide) groups is 1. The standard InChI is InChI=1S/C10H13BrO3S2/c11-9-1-3-10(4-2-9)16(13,14)8-7-15-6-5-12/h1-4,12H,5-8H2. The van der Waals surface area contributed by atoms with Gasteiger partial charge in [0.15, 0.2) is 9.84 Å². The van der Waals surface area contributed by atoms with Gasteiger partial charge in [0.1, 0.15) is 0 Å². The van der Waals surface area contributed by atoms with Gasteiger partial charge in [-0.1, -0.05) is 15.9 Å². The van der Waals surface area contributed by atoms with Crippen LogP contribution < -0.4 is 0 Å². The Kier molecular flexibility index (Phi) is 5.82. The van der Waals surface area contributed by atoms with Gasteiger partial charge in [0, 0.05) is 16.0 Å². The van der Waals surface area contributed by atoms with Gasteiger partial charge in [0.25, 0.3) is 0 Å². The first-order chi connectivity index (χ1) is 7.56. The highest BCUT2D eigenvalue weighted by Crippen LogP contribution is 2.16. The van der Waals surface area contributed by atoms with Crippen molar-refractivity contribution in [3.63, 3.8) is 0 Å². The number of sulfone groups is 1. The van der Waals surface area contributed by atoms with Crippen molar-refractivity contribution >= 4 is 37.5 Å². The van der Waals surface area contributed by atoms with Gasteiger partial charge < -0.3 is 5.11 Å². The van der Waals surface area contributed by atoms with E-state index in [2.05, 4.69) is 15.9 Å². The normalized spacial score (nSPS) is 11.6. The van der Waals surface area contributed by atoms with Crippen molar-refractivity contribution in [1.29, 1.82) is 0 Å². The average molecular weight is 325 g/mol. The van der Waals surface area contributed by atoms with E-state index in [0.717, 1.165) is 4.47 Å². The molecule has 0 saturated heterocycles. The van der Waals surface area contributed by atoms with E-state index in [9.17, 15) is 8.42 Å². The van der Waals surface area contributed by atoms with Crippen LogP contribution in [0, 0.1) is 0 Å². The molecule has 1 rings (SSSR count). The summed E-state index contributed by atoms with van der Waals surface area (Å²) in [6.45, 7) is 0.0863. The first-order valence-electron chi connectivity index (χ1n) is 4.73. The Morgan fingerprint density at radius 1 is 1.19 bits per heavy atom. The Balaban J connectivity index is 2.60. The lowest BCUT2D eigenvalue weighted by Gasteiger charge is -2.04. The van der Waals surface area contributed by atoms with Gasteiger partial charge in [0.05, 0.1) is 17.3 Å². The maximum atomic E-state index is 11.8. The van der Waals surface area contributed by atoms with Gasteiger partial charge in [-0.05, 0) is 24.3 Å². The third-order valence-electron chi connectivity index (χ3n) is 1.90. The summed E-state index contributed by atoms with van der Waals surface area (Å²) in [5.74, 6) is 1.20. The fraction of sp³-hybridized carbons (Fsp3) is 0.400. The van der Waals surface area contributed by atoms with Crippen LogP contribution in [0.2, 0.25) is 0 Å². The van der Waals surface area contributed by atoms with Crippen LogP contribution in [-0.4, -0.2) is 37.4 Å². The molecule has 0 unspecified atom stereocenters. The molecule has 0 spiro atoms. The van der Waals surface area contributed by atoms with Gasteiger partial charge in [-0.2, -0.15) is 11.8 Å². The SMILES string of the molecule is O=S(=O)(CCSCCO)c1ccc(Br)cc1. The second-order valence-electron chi connectivity index (χ2n) is 3.11. The van der Waals surface area contributed by atoms with Crippen molar-refractivity contribution in [2.75, 3.05) is 23.9 Å². The molecule has 0 atom stereocenters. The zero-order valence-corrected chi connectivity index (χ0v) is 11.8. The van der Waals surface area contributed by atoms with Crippen LogP contribution in [0.1, 0.15) is 0 Å². The van der Waals surface area contributed by atoms with Crippen LogP contribution in [0.3, 0.4) is 0 Å². The molecule has 6 heteroatoms. The van der Waals surface area contributed by atoms with Crippen LogP contribution >= 0.6 is 27.7 Å². The van der Waals surface area contributed by atoms with E-state index >= 15 is 0 Å². The minimum atomic E-state index is -3.18. The van der Waals surface area contributed by atoms with Crippen LogP contribution in [-0.2, 0) is 9.84 Å². The first kappa shape index (κ1) is 14.0. The smallest absolute Gasteiger partial charge is 0.179 e. The Labute approximate surface area is 108 Å². The molecule has 1 aromatic carbocycles. The van der Waals surface area contributed by atoms with Crippen molar-refractivity contribution in [3.8, 4) is 0 Å². The molecule has 0 aromatic heterocycles. The number of halogens is 1. The number of hydrogen-bond acceptors (Lipinski definition) is 4. The average Bonchev–Trinajstić information content (AvgIpc) is 2.25. The lowest BCUT2D eigenvalue weighted by molar-refractivity contribution is 0.322. The molecule has 0 bridgehead atoms. The monoisotopic (exact) mass is 324 g/mol. The molecular weight excluding hydrogens is 312 g/mol. The van der Waals surface area contributed by atoms with Gasteiger partial charge >= 0.3 is 0 Å². The molecule has 0 saturated carbocycles. The summed E-state index contributed by atoms with van der Waals surface area (Å²) >= 11 is 4.70. The van der Waals surface area contributed by atoms with Crippen LogP contribution in [0.25, 0.3) is 0 Å². The van der Waals surface area contributed by atoms with E-state index < -0.39 is 9.84 Å². The molecule has 1 N–H and O–H groups in total. The summed E-state index contributed by atoms with van der Waals surface area (Å²) in [6, 6.07) is 6.62. The van der Waals surface area contributed by atoms with E-state index in [4.69, 9.17) is 5.11 Å². The maximum absolute atomic E-state index is 11.8.